The van der Waals surface area contributed by atoms with Crippen LogP contribution < -0.4 is 15.8 Å². The number of aryl methyl sites for hydroxylation is 1. The molecule has 0 radical (unpaired) electrons. The third-order valence-corrected chi connectivity index (χ3v) is 4.77. The van der Waals surface area contributed by atoms with Crippen molar-refractivity contribution in [2.45, 2.75) is 20.4 Å². The second-order valence-electron chi connectivity index (χ2n) is 6.54. The molecule has 28 heavy (non-hydrogen) atoms. The highest BCUT2D eigenvalue weighted by molar-refractivity contribution is 5.93. The van der Waals surface area contributed by atoms with E-state index in [9.17, 15) is 0 Å². The molecule has 4 rings (SSSR count). The van der Waals surface area contributed by atoms with E-state index in [1.165, 1.54) is 0 Å². The first kappa shape index (κ1) is 17.8. The molecule has 0 aliphatic heterocycles. The lowest BCUT2D eigenvalue weighted by Crippen LogP contribution is -2.11. The molecule has 0 aliphatic carbocycles. The monoisotopic (exact) mass is 374 g/mol. The summed E-state index contributed by atoms with van der Waals surface area (Å²) in [6.07, 6.45) is 0. The molecule has 0 spiro atoms. The van der Waals surface area contributed by atoms with Crippen molar-refractivity contribution in [2.75, 3.05) is 18.2 Å². The highest BCUT2D eigenvalue weighted by atomic mass is 16.5. The van der Waals surface area contributed by atoms with E-state index in [2.05, 4.69) is 22.4 Å². The van der Waals surface area contributed by atoms with Crippen molar-refractivity contribution in [3.8, 4) is 11.7 Å². The maximum absolute atomic E-state index is 6.12. The number of nitrogens with zero attached hydrogens (tertiary/aromatic N) is 4. The van der Waals surface area contributed by atoms with Gasteiger partial charge in [0, 0.05) is 17.6 Å². The maximum Gasteiger partial charge on any atom is 0.239 e. The summed E-state index contributed by atoms with van der Waals surface area (Å²) in [5.41, 5.74) is 9.75. The molecule has 0 bridgehead atoms. The zero-order valence-electron chi connectivity index (χ0n) is 16.1. The Morgan fingerprint density at radius 1 is 1.00 bits per heavy atom. The molecule has 0 atom stereocenters. The Balaban J connectivity index is 1.87. The SMILES string of the molecule is COc1cccc2c(NCc3ccccc3)nc(-n3c(N)nc(C)c3C)nc12. The van der Waals surface area contributed by atoms with E-state index in [4.69, 9.17) is 20.4 Å². The second kappa shape index (κ2) is 7.19. The zero-order chi connectivity index (χ0) is 19.7. The van der Waals surface area contributed by atoms with Gasteiger partial charge in [0.05, 0.1) is 12.8 Å². The largest absolute Gasteiger partial charge is 0.494 e. The number of rotatable bonds is 5. The van der Waals surface area contributed by atoms with Crippen LogP contribution in [0.15, 0.2) is 48.5 Å². The fourth-order valence-corrected chi connectivity index (χ4v) is 3.18. The van der Waals surface area contributed by atoms with Gasteiger partial charge in [-0.05, 0) is 31.5 Å². The molecule has 0 fully saturated rings. The van der Waals surface area contributed by atoms with Crippen molar-refractivity contribution >= 4 is 22.7 Å². The number of para-hydroxylation sites is 1. The van der Waals surface area contributed by atoms with Crippen LogP contribution in [0.2, 0.25) is 0 Å². The number of anilines is 2. The number of aromatic nitrogens is 4. The zero-order valence-corrected chi connectivity index (χ0v) is 16.1. The standard InChI is InChI=1S/C21H22N6O/c1-13-14(2)27(20(22)24-13)21-25-18-16(10-7-11-17(18)28-3)19(26-21)23-12-15-8-5-4-6-9-15/h4-11H,12H2,1-3H3,(H2,22,24)(H,23,25,26). The number of fused-ring (bicyclic) bond motifs is 1. The van der Waals surface area contributed by atoms with E-state index in [0.717, 1.165) is 27.9 Å². The predicted molar refractivity (Wildman–Crippen MR) is 111 cm³/mol. The Morgan fingerprint density at radius 3 is 2.46 bits per heavy atom. The topological polar surface area (TPSA) is 90.9 Å². The van der Waals surface area contributed by atoms with Crippen LogP contribution in [0, 0.1) is 13.8 Å². The van der Waals surface area contributed by atoms with Gasteiger partial charge in [0.15, 0.2) is 0 Å². The van der Waals surface area contributed by atoms with Gasteiger partial charge in [-0.15, -0.1) is 0 Å². The smallest absolute Gasteiger partial charge is 0.239 e. The number of nitrogens with two attached hydrogens (primary N) is 1. The molecule has 7 nitrogen and oxygen atoms in total. The predicted octanol–water partition coefficient (Wildman–Crippen LogP) is 3.64. The van der Waals surface area contributed by atoms with Crippen LogP contribution >= 0.6 is 0 Å². The van der Waals surface area contributed by atoms with E-state index < -0.39 is 0 Å². The molecule has 142 valence electrons. The van der Waals surface area contributed by atoms with Gasteiger partial charge in [0.1, 0.15) is 17.1 Å². The molecule has 0 saturated heterocycles. The minimum Gasteiger partial charge on any atom is -0.494 e. The van der Waals surface area contributed by atoms with Crippen molar-refractivity contribution in [3.63, 3.8) is 0 Å². The molecular weight excluding hydrogens is 352 g/mol. The molecular formula is C21H22N6O. The van der Waals surface area contributed by atoms with E-state index in [0.29, 0.717) is 30.0 Å². The van der Waals surface area contributed by atoms with Crippen LogP contribution in [-0.2, 0) is 6.54 Å². The second-order valence-corrected chi connectivity index (χ2v) is 6.54. The third-order valence-electron chi connectivity index (χ3n) is 4.77. The summed E-state index contributed by atoms with van der Waals surface area (Å²) < 4.78 is 7.29. The summed E-state index contributed by atoms with van der Waals surface area (Å²) in [6.45, 7) is 4.50. The van der Waals surface area contributed by atoms with Gasteiger partial charge in [-0.25, -0.2) is 9.97 Å². The fourth-order valence-electron chi connectivity index (χ4n) is 3.18. The Labute approximate surface area is 163 Å². The molecule has 0 saturated carbocycles. The summed E-state index contributed by atoms with van der Waals surface area (Å²) >= 11 is 0. The number of ether oxygens (including phenoxy) is 1. The molecule has 7 heteroatoms. The van der Waals surface area contributed by atoms with E-state index >= 15 is 0 Å². The molecule has 2 heterocycles. The lowest BCUT2D eigenvalue weighted by Gasteiger charge is -2.14. The minimum absolute atomic E-state index is 0.359. The number of imidazole rings is 1. The average molecular weight is 374 g/mol. The maximum atomic E-state index is 6.12. The van der Waals surface area contributed by atoms with Crippen LogP contribution in [0.1, 0.15) is 17.0 Å². The first-order valence-electron chi connectivity index (χ1n) is 9.03. The van der Waals surface area contributed by atoms with Gasteiger partial charge in [0.25, 0.3) is 0 Å². The van der Waals surface area contributed by atoms with Gasteiger partial charge >= 0.3 is 0 Å². The first-order valence-corrected chi connectivity index (χ1v) is 9.03. The highest BCUT2D eigenvalue weighted by Crippen LogP contribution is 2.30. The fraction of sp³-hybridized carbons (Fsp3) is 0.190. The van der Waals surface area contributed by atoms with Crippen molar-refractivity contribution in [1.29, 1.82) is 0 Å². The Morgan fingerprint density at radius 2 is 1.79 bits per heavy atom. The molecule has 0 aliphatic rings. The number of methoxy groups -OCH3 is 1. The molecule has 4 aromatic rings. The van der Waals surface area contributed by atoms with Gasteiger partial charge in [-0.2, -0.15) is 4.98 Å². The Kier molecular flexibility index (Phi) is 4.57. The van der Waals surface area contributed by atoms with Crippen molar-refractivity contribution in [3.05, 3.63) is 65.5 Å². The average Bonchev–Trinajstić information content (AvgIpc) is 2.97. The summed E-state index contributed by atoms with van der Waals surface area (Å²) in [7, 11) is 1.63. The molecule has 2 aromatic carbocycles. The van der Waals surface area contributed by atoms with E-state index in [1.807, 2.05) is 50.2 Å². The van der Waals surface area contributed by atoms with Gasteiger partial charge in [0.2, 0.25) is 11.9 Å². The van der Waals surface area contributed by atoms with Crippen LogP contribution in [-0.4, -0.2) is 26.6 Å². The van der Waals surface area contributed by atoms with Crippen LogP contribution in [0.25, 0.3) is 16.9 Å². The van der Waals surface area contributed by atoms with Crippen molar-refractivity contribution in [2.24, 2.45) is 0 Å². The summed E-state index contributed by atoms with van der Waals surface area (Å²) in [6, 6.07) is 16.0. The minimum atomic E-state index is 0.359. The summed E-state index contributed by atoms with van der Waals surface area (Å²) in [4.78, 5) is 13.8. The van der Waals surface area contributed by atoms with Crippen LogP contribution in [0.5, 0.6) is 5.75 Å². The Hall–Kier alpha value is -3.61. The quantitative estimate of drug-likeness (QED) is 0.554. The normalized spacial score (nSPS) is 11.0. The number of hydrogen-bond acceptors (Lipinski definition) is 6. The van der Waals surface area contributed by atoms with Gasteiger partial charge < -0.3 is 15.8 Å². The number of benzene rings is 2. The van der Waals surface area contributed by atoms with Crippen molar-refractivity contribution < 1.29 is 4.74 Å². The third kappa shape index (κ3) is 3.11. The van der Waals surface area contributed by atoms with Gasteiger partial charge in [-0.3, -0.25) is 4.57 Å². The van der Waals surface area contributed by atoms with Crippen molar-refractivity contribution in [1.82, 2.24) is 19.5 Å². The molecule has 3 N–H and O–H groups in total. The number of nitrogen functional groups attached to an aromatic ring is 1. The Bertz CT molecular complexity index is 1140. The van der Waals surface area contributed by atoms with E-state index in [-0.39, 0.29) is 0 Å². The van der Waals surface area contributed by atoms with E-state index in [1.54, 1.807) is 11.7 Å². The lowest BCUT2D eigenvalue weighted by atomic mass is 10.2. The first-order chi connectivity index (χ1) is 13.6. The number of hydrogen-bond donors (Lipinski definition) is 2. The summed E-state index contributed by atoms with van der Waals surface area (Å²) in [5, 5.41) is 4.31. The molecule has 0 amide bonds. The highest BCUT2D eigenvalue weighted by Gasteiger charge is 2.17. The number of nitrogens with one attached hydrogen (secondary N) is 1. The van der Waals surface area contributed by atoms with Crippen LogP contribution in [0.3, 0.4) is 0 Å². The lowest BCUT2D eigenvalue weighted by molar-refractivity contribution is 0.419. The molecule has 2 aromatic heterocycles. The molecule has 0 unspecified atom stereocenters. The van der Waals surface area contributed by atoms with Crippen LogP contribution in [0.4, 0.5) is 11.8 Å². The van der Waals surface area contributed by atoms with Gasteiger partial charge in [-0.1, -0.05) is 36.4 Å². The summed E-state index contributed by atoms with van der Waals surface area (Å²) in [5.74, 6) is 2.21.